The maximum absolute atomic E-state index is 12.5. The van der Waals surface area contributed by atoms with E-state index in [0.717, 1.165) is 37.7 Å². The van der Waals surface area contributed by atoms with Crippen molar-refractivity contribution in [1.29, 1.82) is 0 Å². The van der Waals surface area contributed by atoms with E-state index in [1.54, 1.807) is 6.07 Å². The van der Waals surface area contributed by atoms with Crippen LogP contribution in [0.3, 0.4) is 0 Å². The third kappa shape index (κ3) is 5.08. The van der Waals surface area contributed by atoms with Gasteiger partial charge < -0.3 is 15.0 Å². The summed E-state index contributed by atoms with van der Waals surface area (Å²) in [5, 5.41) is 2.59. The van der Waals surface area contributed by atoms with Crippen LogP contribution >= 0.6 is 0 Å². The summed E-state index contributed by atoms with van der Waals surface area (Å²) in [4.78, 5) is 23.3. The Balaban J connectivity index is 1.71. The Morgan fingerprint density at radius 3 is 2.63 bits per heavy atom. The number of anilines is 1. The van der Waals surface area contributed by atoms with Crippen LogP contribution in [0, 0.1) is 6.92 Å². The molecule has 0 spiro atoms. The van der Waals surface area contributed by atoms with Gasteiger partial charge in [0.2, 0.25) is 5.95 Å². The summed E-state index contributed by atoms with van der Waals surface area (Å²) < 4.78 is 41.4. The minimum Gasteiger partial charge on any atom is -0.405 e. The SMILES string of the molecule is Cc1cc(CNC(=O)c2ccccc2OC(F)(F)F)nc(N2CCCC2)n1. The number of nitrogens with one attached hydrogen (secondary N) is 1. The molecule has 1 aromatic carbocycles. The van der Waals surface area contributed by atoms with Crippen molar-refractivity contribution in [3.8, 4) is 5.75 Å². The highest BCUT2D eigenvalue weighted by Gasteiger charge is 2.32. The molecule has 1 aliphatic rings. The molecule has 1 saturated heterocycles. The van der Waals surface area contributed by atoms with Crippen molar-refractivity contribution in [1.82, 2.24) is 15.3 Å². The van der Waals surface area contributed by atoms with Crippen molar-refractivity contribution < 1.29 is 22.7 Å². The molecule has 0 atom stereocenters. The summed E-state index contributed by atoms with van der Waals surface area (Å²) in [6.07, 6.45) is -2.70. The van der Waals surface area contributed by atoms with E-state index in [-0.39, 0.29) is 12.1 Å². The van der Waals surface area contributed by atoms with Crippen LogP contribution in [-0.4, -0.2) is 35.3 Å². The van der Waals surface area contributed by atoms with Crippen molar-refractivity contribution >= 4 is 11.9 Å². The fourth-order valence-electron chi connectivity index (χ4n) is 2.90. The second-order valence-corrected chi connectivity index (χ2v) is 6.22. The molecule has 3 rings (SSSR count). The first kappa shape index (κ1) is 18.9. The minimum atomic E-state index is -4.87. The Morgan fingerprint density at radius 2 is 1.93 bits per heavy atom. The fraction of sp³-hybridized carbons (Fsp3) is 0.389. The third-order valence-electron chi connectivity index (χ3n) is 4.07. The zero-order valence-electron chi connectivity index (χ0n) is 14.7. The van der Waals surface area contributed by atoms with Gasteiger partial charge in [-0.2, -0.15) is 0 Å². The number of amides is 1. The Hall–Kier alpha value is -2.84. The van der Waals surface area contributed by atoms with Gasteiger partial charge in [0.1, 0.15) is 5.75 Å². The lowest BCUT2D eigenvalue weighted by atomic mass is 10.2. The van der Waals surface area contributed by atoms with Crippen LogP contribution in [0.2, 0.25) is 0 Å². The number of alkyl halides is 3. The number of nitrogens with zero attached hydrogens (tertiary/aromatic N) is 3. The van der Waals surface area contributed by atoms with Crippen molar-refractivity contribution in [3.63, 3.8) is 0 Å². The number of hydrogen-bond acceptors (Lipinski definition) is 5. The number of carbonyl (C=O) groups excluding carboxylic acids is 1. The van der Waals surface area contributed by atoms with E-state index < -0.39 is 18.0 Å². The average Bonchev–Trinajstić information content (AvgIpc) is 3.13. The molecule has 2 aromatic rings. The maximum Gasteiger partial charge on any atom is 0.573 e. The van der Waals surface area contributed by atoms with E-state index in [9.17, 15) is 18.0 Å². The molecular weight excluding hydrogens is 361 g/mol. The summed E-state index contributed by atoms with van der Waals surface area (Å²) in [6, 6.07) is 6.95. The fourth-order valence-corrected chi connectivity index (χ4v) is 2.90. The Labute approximate surface area is 154 Å². The van der Waals surface area contributed by atoms with Gasteiger partial charge in [-0.3, -0.25) is 4.79 Å². The lowest BCUT2D eigenvalue weighted by molar-refractivity contribution is -0.274. The van der Waals surface area contributed by atoms with Crippen LogP contribution in [0.4, 0.5) is 19.1 Å². The molecule has 2 heterocycles. The standard InChI is InChI=1S/C18H19F3N4O2/c1-12-10-13(24-17(23-12)25-8-4-5-9-25)11-22-16(26)14-6-2-3-7-15(14)27-18(19,20)21/h2-3,6-7,10H,4-5,8-9,11H2,1H3,(H,22,26). The largest absolute Gasteiger partial charge is 0.573 e. The quantitative estimate of drug-likeness (QED) is 0.863. The van der Waals surface area contributed by atoms with Crippen molar-refractivity contribution in [2.24, 2.45) is 0 Å². The van der Waals surface area contributed by atoms with Gasteiger partial charge >= 0.3 is 6.36 Å². The van der Waals surface area contributed by atoms with Gasteiger partial charge in [-0.05, 0) is 38.0 Å². The molecule has 1 N–H and O–H groups in total. The summed E-state index contributed by atoms with van der Waals surface area (Å²) in [5.74, 6) is -0.606. The lowest BCUT2D eigenvalue weighted by Crippen LogP contribution is -2.27. The van der Waals surface area contributed by atoms with Crippen LogP contribution in [-0.2, 0) is 6.54 Å². The van der Waals surface area contributed by atoms with Crippen LogP contribution in [0.25, 0.3) is 0 Å². The Kier molecular flexibility index (Phi) is 5.48. The molecule has 0 aliphatic carbocycles. The van der Waals surface area contributed by atoms with Gasteiger partial charge in [-0.15, -0.1) is 13.2 Å². The van der Waals surface area contributed by atoms with Crippen LogP contribution in [0.1, 0.15) is 34.6 Å². The molecule has 1 aromatic heterocycles. The second-order valence-electron chi connectivity index (χ2n) is 6.22. The summed E-state index contributed by atoms with van der Waals surface area (Å²) in [6.45, 7) is 3.68. The summed E-state index contributed by atoms with van der Waals surface area (Å²) in [5.41, 5.74) is 1.16. The first-order chi connectivity index (χ1) is 12.8. The van der Waals surface area contributed by atoms with Gasteiger partial charge in [0.15, 0.2) is 0 Å². The highest BCUT2D eigenvalue weighted by atomic mass is 19.4. The highest BCUT2D eigenvalue weighted by molar-refractivity contribution is 5.96. The first-order valence-electron chi connectivity index (χ1n) is 8.54. The number of benzene rings is 1. The molecule has 1 aliphatic heterocycles. The number of carbonyl (C=O) groups is 1. The molecule has 1 fully saturated rings. The summed E-state index contributed by atoms with van der Waals surface area (Å²) in [7, 11) is 0. The van der Waals surface area contributed by atoms with Gasteiger partial charge in [0.05, 0.1) is 17.8 Å². The van der Waals surface area contributed by atoms with Gasteiger partial charge in [-0.1, -0.05) is 12.1 Å². The van der Waals surface area contributed by atoms with Crippen molar-refractivity contribution in [2.45, 2.75) is 32.7 Å². The molecule has 0 radical (unpaired) electrons. The average molecular weight is 380 g/mol. The van der Waals surface area contributed by atoms with E-state index in [4.69, 9.17) is 0 Å². The normalized spacial score (nSPS) is 14.3. The molecule has 27 heavy (non-hydrogen) atoms. The molecular formula is C18H19F3N4O2. The van der Waals surface area contributed by atoms with E-state index in [0.29, 0.717) is 11.6 Å². The van der Waals surface area contributed by atoms with Gasteiger partial charge in [-0.25, -0.2) is 9.97 Å². The van der Waals surface area contributed by atoms with Crippen LogP contribution in [0.5, 0.6) is 5.75 Å². The van der Waals surface area contributed by atoms with Crippen molar-refractivity contribution in [2.75, 3.05) is 18.0 Å². The van der Waals surface area contributed by atoms with E-state index in [2.05, 4.69) is 24.9 Å². The number of hydrogen-bond donors (Lipinski definition) is 1. The number of aryl methyl sites for hydroxylation is 1. The predicted molar refractivity (Wildman–Crippen MR) is 92.5 cm³/mol. The highest BCUT2D eigenvalue weighted by Crippen LogP contribution is 2.26. The molecule has 144 valence electrons. The molecule has 6 nitrogen and oxygen atoms in total. The van der Waals surface area contributed by atoms with Gasteiger partial charge in [0, 0.05) is 18.8 Å². The van der Waals surface area contributed by atoms with E-state index in [1.807, 2.05) is 6.92 Å². The zero-order valence-corrected chi connectivity index (χ0v) is 14.7. The zero-order chi connectivity index (χ0) is 19.4. The molecule has 0 bridgehead atoms. The summed E-state index contributed by atoms with van der Waals surface area (Å²) >= 11 is 0. The Morgan fingerprint density at radius 1 is 1.22 bits per heavy atom. The molecule has 0 saturated carbocycles. The van der Waals surface area contributed by atoms with E-state index in [1.165, 1.54) is 18.2 Å². The van der Waals surface area contributed by atoms with Gasteiger partial charge in [0.25, 0.3) is 5.91 Å². The monoisotopic (exact) mass is 380 g/mol. The predicted octanol–water partition coefficient (Wildman–Crippen LogP) is 3.21. The number of rotatable bonds is 5. The number of aromatic nitrogens is 2. The molecule has 0 unspecified atom stereocenters. The van der Waals surface area contributed by atoms with E-state index >= 15 is 0 Å². The lowest BCUT2D eigenvalue weighted by Gasteiger charge is -2.17. The van der Waals surface area contributed by atoms with Crippen LogP contribution < -0.4 is 15.0 Å². The number of ether oxygens (including phenoxy) is 1. The topological polar surface area (TPSA) is 67.3 Å². The minimum absolute atomic E-state index is 0.0728. The first-order valence-corrected chi connectivity index (χ1v) is 8.54. The maximum atomic E-state index is 12.5. The van der Waals surface area contributed by atoms with Crippen molar-refractivity contribution in [3.05, 3.63) is 47.3 Å². The Bertz CT molecular complexity index is 820. The molecule has 9 heteroatoms. The van der Waals surface area contributed by atoms with Crippen LogP contribution in [0.15, 0.2) is 30.3 Å². The number of halogens is 3. The third-order valence-corrected chi connectivity index (χ3v) is 4.07. The molecule has 1 amide bonds. The second kappa shape index (κ2) is 7.81. The number of para-hydroxylation sites is 1. The smallest absolute Gasteiger partial charge is 0.405 e.